The molecular formula is C49H62N2O2. The summed E-state index contributed by atoms with van der Waals surface area (Å²) in [6, 6.07) is 35.8. The number of rotatable bonds is 20. The van der Waals surface area contributed by atoms with Gasteiger partial charge in [0, 0.05) is 39.0 Å². The summed E-state index contributed by atoms with van der Waals surface area (Å²) in [5.41, 5.74) is 9.37. The van der Waals surface area contributed by atoms with Crippen LogP contribution in [-0.4, -0.2) is 22.3 Å². The topological polar surface area (TPSA) is 28.3 Å². The largest absolute Gasteiger partial charge is 0.494 e. The zero-order valence-corrected chi connectivity index (χ0v) is 33.3. The van der Waals surface area contributed by atoms with E-state index in [4.69, 9.17) is 9.47 Å². The molecule has 4 aromatic carbocycles. The Balaban J connectivity index is 1.31. The van der Waals surface area contributed by atoms with E-state index < -0.39 is 0 Å². The van der Waals surface area contributed by atoms with Gasteiger partial charge in [0.2, 0.25) is 0 Å². The highest BCUT2D eigenvalue weighted by Crippen LogP contribution is 2.41. The van der Waals surface area contributed by atoms with Gasteiger partial charge in [-0.2, -0.15) is 0 Å². The highest BCUT2D eigenvalue weighted by Gasteiger charge is 2.33. The van der Waals surface area contributed by atoms with Crippen LogP contribution in [-0.2, 0) is 5.41 Å². The molecule has 0 radical (unpaired) electrons. The van der Waals surface area contributed by atoms with Gasteiger partial charge in [0.1, 0.15) is 11.5 Å². The van der Waals surface area contributed by atoms with Crippen LogP contribution in [0.25, 0.3) is 33.2 Å². The predicted molar refractivity (Wildman–Crippen MR) is 226 cm³/mol. The van der Waals surface area contributed by atoms with Gasteiger partial charge in [0.15, 0.2) is 0 Å². The molecule has 0 aliphatic carbocycles. The minimum absolute atomic E-state index is 0.361. The number of unbranched alkanes of at least 4 members (excludes halogenated alkanes) is 10. The van der Waals surface area contributed by atoms with Crippen LogP contribution in [0, 0.1) is 13.8 Å². The van der Waals surface area contributed by atoms with Crippen molar-refractivity contribution >= 4 is 21.8 Å². The fourth-order valence-electron chi connectivity index (χ4n) is 7.76. The smallest absolute Gasteiger partial charge is 0.119 e. The lowest BCUT2D eigenvalue weighted by Crippen LogP contribution is -2.26. The molecule has 280 valence electrons. The van der Waals surface area contributed by atoms with Gasteiger partial charge in [0.05, 0.1) is 24.2 Å². The maximum Gasteiger partial charge on any atom is 0.119 e. The number of aryl methyl sites for hydroxylation is 2. The van der Waals surface area contributed by atoms with Gasteiger partial charge in [-0.15, -0.1) is 0 Å². The highest BCUT2D eigenvalue weighted by molar-refractivity contribution is 5.87. The number of ether oxygens (including phenoxy) is 2. The molecule has 0 unspecified atom stereocenters. The maximum atomic E-state index is 6.20. The number of aromatic nitrogens is 2. The van der Waals surface area contributed by atoms with Crippen molar-refractivity contribution in [1.29, 1.82) is 0 Å². The van der Waals surface area contributed by atoms with Crippen LogP contribution < -0.4 is 9.47 Å². The third kappa shape index (κ3) is 9.21. The summed E-state index contributed by atoms with van der Waals surface area (Å²) >= 11 is 0. The summed E-state index contributed by atoms with van der Waals surface area (Å²) < 4.78 is 17.3. The van der Waals surface area contributed by atoms with Gasteiger partial charge in [-0.05, 0) is 124 Å². The summed E-state index contributed by atoms with van der Waals surface area (Å²) in [6.07, 6.45) is 15.2. The van der Waals surface area contributed by atoms with Crippen molar-refractivity contribution in [2.45, 2.75) is 124 Å². The Bertz CT molecular complexity index is 1900. The number of benzene rings is 4. The monoisotopic (exact) mass is 710 g/mol. The Morgan fingerprint density at radius 2 is 0.830 bits per heavy atom. The van der Waals surface area contributed by atoms with Crippen molar-refractivity contribution in [3.05, 3.63) is 120 Å². The molecule has 0 amide bonds. The molecule has 0 bridgehead atoms. The Kier molecular flexibility index (Phi) is 13.0. The molecule has 53 heavy (non-hydrogen) atoms. The van der Waals surface area contributed by atoms with Crippen molar-refractivity contribution in [3.63, 3.8) is 0 Å². The average Bonchev–Trinajstić information content (AvgIpc) is 3.74. The zero-order valence-electron chi connectivity index (χ0n) is 33.3. The van der Waals surface area contributed by atoms with Crippen LogP contribution in [0.4, 0.5) is 0 Å². The van der Waals surface area contributed by atoms with Crippen LogP contribution in [0.5, 0.6) is 11.5 Å². The molecule has 0 aliphatic rings. The number of hydrogen-bond donors (Lipinski definition) is 0. The van der Waals surface area contributed by atoms with Gasteiger partial charge in [-0.3, -0.25) is 0 Å². The van der Waals surface area contributed by atoms with E-state index in [0.717, 1.165) is 48.9 Å². The lowest BCUT2D eigenvalue weighted by atomic mass is 9.84. The van der Waals surface area contributed by atoms with Crippen molar-refractivity contribution in [3.8, 4) is 22.9 Å². The third-order valence-electron chi connectivity index (χ3n) is 10.9. The SMILES string of the molecule is CCCCCCCCOc1ccc(-n2c(C(C)(C)c3cc4ccc(C)cc4n3-c3ccc(OCCCCCCCC)cc3)cc3ccc(C)cc32)cc1. The van der Waals surface area contributed by atoms with Gasteiger partial charge >= 0.3 is 0 Å². The lowest BCUT2D eigenvalue weighted by molar-refractivity contribution is 0.304. The molecule has 4 heteroatoms. The second-order valence-corrected chi connectivity index (χ2v) is 15.7. The van der Waals surface area contributed by atoms with E-state index >= 15 is 0 Å². The molecule has 0 spiro atoms. The summed E-state index contributed by atoms with van der Waals surface area (Å²) in [5.74, 6) is 1.87. The van der Waals surface area contributed by atoms with Crippen molar-refractivity contribution < 1.29 is 9.47 Å². The standard InChI is InChI=1S/C49H62N2O2/c1-7-9-11-13-15-17-31-52-43-27-23-41(24-28-43)50-45-33-37(3)19-21-39(45)35-47(50)49(5,6)48-36-40-22-20-38(4)34-46(40)51(48)42-25-29-44(30-26-42)53-32-18-16-14-12-10-8-2/h19-30,33-36H,7-18,31-32H2,1-6H3. The highest BCUT2D eigenvalue weighted by atomic mass is 16.5. The molecule has 2 heterocycles. The van der Waals surface area contributed by atoms with Gasteiger partial charge in [0.25, 0.3) is 0 Å². The summed E-state index contributed by atoms with van der Waals surface area (Å²) in [7, 11) is 0. The summed E-state index contributed by atoms with van der Waals surface area (Å²) in [4.78, 5) is 0. The van der Waals surface area contributed by atoms with E-state index in [-0.39, 0.29) is 5.41 Å². The summed E-state index contributed by atoms with van der Waals surface area (Å²) in [6.45, 7) is 15.2. The van der Waals surface area contributed by atoms with Gasteiger partial charge < -0.3 is 18.6 Å². The van der Waals surface area contributed by atoms with E-state index in [1.165, 1.54) is 109 Å². The van der Waals surface area contributed by atoms with E-state index in [0.29, 0.717) is 0 Å². The number of nitrogens with zero attached hydrogens (tertiary/aromatic N) is 2. The molecule has 0 aliphatic heterocycles. The first kappa shape index (κ1) is 38.3. The van der Waals surface area contributed by atoms with Crippen molar-refractivity contribution in [2.24, 2.45) is 0 Å². The number of fused-ring (bicyclic) bond motifs is 2. The lowest BCUT2D eigenvalue weighted by Gasteiger charge is -2.29. The normalized spacial score (nSPS) is 11.9. The molecule has 0 atom stereocenters. The zero-order chi connectivity index (χ0) is 37.2. The molecule has 4 nitrogen and oxygen atoms in total. The average molecular weight is 711 g/mol. The minimum Gasteiger partial charge on any atom is -0.494 e. The molecule has 0 N–H and O–H groups in total. The van der Waals surface area contributed by atoms with Crippen LogP contribution in [0.2, 0.25) is 0 Å². The number of hydrogen-bond acceptors (Lipinski definition) is 2. The minimum atomic E-state index is -0.361. The van der Waals surface area contributed by atoms with E-state index in [1.54, 1.807) is 0 Å². The van der Waals surface area contributed by atoms with Crippen molar-refractivity contribution in [2.75, 3.05) is 13.2 Å². The maximum absolute atomic E-state index is 6.20. The van der Waals surface area contributed by atoms with Crippen LogP contribution in [0.1, 0.15) is 127 Å². The van der Waals surface area contributed by atoms with Gasteiger partial charge in [-0.25, -0.2) is 0 Å². The van der Waals surface area contributed by atoms with E-state index in [9.17, 15) is 0 Å². The first-order valence-electron chi connectivity index (χ1n) is 20.5. The molecular weight excluding hydrogens is 649 g/mol. The predicted octanol–water partition coefficient (Wildman–Crippen LogP) is 14.0. The Labute approximate surface area is 319 Å². The second-order valence-electron chi connectivity index (χ2n) is 15.7. The first-order valence-corrected chi connectivity index (χ1v) is 20.5. The molecule has 2 aromatic heterocycles. The van der Waals surface area contributed by atoms with E-state index in [1.807, 2.05) is 0 Å². The van der Waals surface area contributed by atoms with Crippen LogP contribution >= 0.6 is 0 Å². The molecule has 0 fully saturated rings. The molecule has 6 rings (SSSR count). The van der Waals surface area contributed by atoms with Crippen LogP contribution in [0.3, 0.4) is 0 Å². The second kappa shape index (κ2) is 18.1. The summed E-state index contributed by atoms with van der Waals surface area (Å²) in [5, 5.41) is 2.49. The fraction of sp³-hybridized carbons (Fsp3) is 0.429. The molecule has 0 saturated carbocycles. The molecule has 0 saturated heterocycles. The van der Waals surface area contributed by atoms with Gasteiger partial charge in [-0.1, -0.05) is 102 Å². The van der Waals surface area contributed by atoms with E-state index in [2.05, 4.69) is 148 Å². The Morgan fingerprint density at radius 3 is 1.23 bits per heavy atom. The Hall–Kier alpha value is -4.44. The van der Waals surface area contributed by atoms with Crippen LogP contribution in [0.15, 0.2) is 97.1 Å². The third-order valence-corrected chi connectivity index (χ3v) is 10.9. The first-order chi connectivity index (χ1) is 25.8. The molecule has 6 aromatic rings. The Morgan fingerprint density at radius 1 is 0.453 bits per heavy atom. The fourth-order valence-corrected chi connectivity index (χ4v) is 7.76. The quantitative estimate of drug-likeness (QED) is 0.0738. The van der Waals surface area contributed by atoms with Crippen molar-refractivity contribution in [1.82, 2.24) is 9.13 Å².